The summed E-state index contributed by atoms with van der Waals surface area (Å²) in [5.41, 5.74) is 2.59. The van der Waals surface area contributed by atoms with E-state index in [0.717, 1.165) is 17.0 Å². The van der Waals surface area contributed by atoms with Crippen LogP contribution in [0.2, 0.25) is 0 Å². The van der Waals surface area contributed by atoms with Gasteiger partial charge in [0.15, 0.2) is 0 Å². The molecule has 2 aromatic rings. The molecule has 3 heteroatoms. The van der Waals surface area contributed by atoms with Crippen LogP contribution >= 0.6 is 0 Å². The van der Waals surface area contributed by atoms with E-state index in [1.54, 1.807) is 25.5 Å². The topological polar surface area (TPSA) is 41.8 Å². The third-order valence-corrected chi connectivity index (χ3v) is 2.68. The fraction of sp³-hybridized carbons (Fsp3) is 0.133. The number of aliphatic imine (C=N–C) groups is 1. The van der Waals surface area contributed by atoms with Crippen molar-refractivity contribution in [3.05, 3.63) is 53.6 Å². The minimum atomic E-state index is 0.229. The minimum Gasteiger partial charge on any atom is -0.507 e. The van der Waals surface area contributed by atoms with Crippen LogP contribution in [0.1, 0.15) is 11.1 Å². The van der Waals surface area contributed by atoms with Crippen molar-refractivity contribution in [3.8, 4) is 11.5 Å². The number of methoxy groups -OCH3 is 1. The van der Waals surface area contributed by atoms with Crippen molar-refractivity contribution in [3.63, 3.8) is 0 Å². The van der Waals surface area contributed by atoms with Gasteiger partial charge < -0.3 is 9.84 Å². The molecular weight excluding hydrogens is 226 g/mol. The first-order valence-electron chi connectivity index (χ1n) is 5.67. The van der Waals surface area contributed by atoms with E-state index in [1.807, 2.05) is 37.3 Å². The summed E-state index contributed by atoms with van der Waals surface area (Å²) < 4.78 is 5.14. The van der Waals surface area contributed by atoms with Crippen LogP contribution in [-0.2, 0) is 0 Å². The summed E-state index contributed by atoms with van der Waals surface area (Å²) in [6.07, 6.45) is 1.66. The summed E-state index contributed by atoms with van der Waals surface area (Å²) in [5, 5.41) is 9.63. The predicted molar refractivity (Wildman–Crippen MR) is 73.1 cm³/mol. The van der Waals surface area contributed by atoms with E-state index in [4.69, 9.17) is 4.74 Å². The van der Waals surface area contributed by atoms with E-state index in [2.05, 4.69) is 4.99 Å². The van der Waals surface area contributed by atoms with Crippen molar-refractivity contribution < 1.29 is 9.84 Å². The van der Waals surface area contributed by atoms with Gasteiger partial charge in [-0.25, -0.2) is 0 Å². The second-order valence-electron chi connectivity index (χ2n) is 3.97. The fourth-order valence-electron chi connectivity index (χ4n) is 1.64. The Labute approximate surface area is 106 Å². The van der Waals surface area contributed by atoms with Crippen molar-refractivity contribution in [1.82, 2.24) is 0 Å². The van der Waals surface area contributed by atoms with Crippen molar-refractivity contribution in [2.75, 3.05) is 7.11 Å². The van der Waals surface area contributed by atoms with Crippen LogP contribution in [0.3, 0.4) is 0 Å². The zero-order valence-electron chi connectivity index (χ0n) is 10.4. The van der Waals surface area contributed by atoms with Crippen molar-refractivity contribution in [2.45, 2.75) is 6.92 Å². The average molecular weight is 241 g/mol. The number of hydrogen-bond acceptors (Lipinski definition) is 3. The molecule has 0 fully saturated rings. The molecule has 18 heavy (non-hydrogen) atoms. The van der Waals surface area contributed by atoms with Crippen LogP contribution in [-0.4, -0.2) is 18.4 Å². The summed E-state index contributed by atoms with van der Waals surface area (Å²) >= 11 is 0. The quantitative estimate of drug-likeness (QED) is 0.836. The summed E-state index contributed by atoms with van der Waals surface area (Å²) in [7, 11) is 1.64. The second-order valence-corrected chi connectivity index (χ2v) is 3.97. The maximum atomic E-state index is 9.63. The number of para-hydroxylation sites is 1. The van der Waals surface area contributed by atoms with E-state index >= 15 is 0 Å². The molecule has 0 atom stereocenters. The maximum Gasteiger partial charge on any atom is 0.124 e. The molecule has 0 amide bonds. The molecule has 0 unspecified atom stereocenters. The van der Waals surface area contributed by atoms with Gasteiger partial charge in [0.25, 0.3) is 0 Å². The number of phenols is 1. The van der Waals surface area contributed by atoms with Crippen LogP contribution in [0.25, 0.3) is 0 Å². The molecule has 2 rings (SSSR count). The van der Waals surface area contributed by atoms with Crippen molar-refractivity contribution in [1.29, 1.82) is 0 Å². The smallest absolute Gasteiger partial charge is 0.124 e. The molecular formula is C15H15NO2. The monoisotopic (exact) mass is 241 g/mol. The van der Waals surface area contributed by atoms with E-state index in [-0.39, 0.29) is 5.75 Å². The molecule has 0 saturated heterocycles. The zero-order valence-corrected chi connectivity index (χ0v) is 10.4. The lowest BCUT2D eigenvalue weighted by Crippen LogP contribution is -1.85. The summed E-state index contributed by atoms with van der Waals surface area (Å²) in [5.74, 6) is 1.04. The van der Waals surface area contributed by atoms with Gasteiger partial charge in [-0.05, 0) is 42.8 Å². The molecule has 0 radical (unpaired) electrons. The number of rotatable bonds is 3. The average Bonchev–Trinajstić information content (AvgIpc) is 2.39. The highest BCUT2D eigenvalue weighted by Crippen LogP contribution is 2.24. The standard InChI is InChI=1S/C15H15NO2/c1-11-9-13(18-2)7-8-14(11)16-10-12-5-3-4-6-15(12)17/h3-10,17H,1-2H3. The van der Waals surface area contributed by atoms with Crippen LogP contribution < -0.4 is 4.74 Å². The Kier molecular flexibility index (Phi) is 3.63. The fourth-order valence-corrected chi connectivity index (χ4v) is 1.64. The van der Waals surface area contributed by atoms with Gasteiger partial charge in [0.2, 0.25) is 0 Å². The number of benzene rings is 2. The molecule has 0 heterocycles. The first-order valence-corrected chi connectivity index (χ1v) is 5.67. The molecule has 1 N–H and O–H groups in total. The molecule has 0 aliphatic carbocycles. The number of aryl methyl sites for hydroxylation is 1. The third kappa shape index (κ3) is 2.69. The highest BCUT2D eigenvalue weighted by Gasteiger charge is 1.99. The third-order valence-electron chi connectivity index (χ3n) is 2.68. The number of hydrogen-bond donors (Lipinski definition) is 1. The Morgan fingerprint density at radius 1 is 1.17 bits per heavy atom. The molecule has 3 nitrogen and oxygen atoms in total. The number of ether oxygens (including phenoxy) is 1. The van der Waals surface area contributed by atoms with Gasteiger partial charge in [-0.2, -0.15) is 0 Å². The van der Waals surface area contributed by atoms with E-state index in [0.29, 0.717) is 5.56 Å². The number of aromatic hydroxyl groups is 1. The Hall–Kier alpha value is -2.29. The normalized spacial score (nSPS) is 10.8. The largest absolute Gasteiger partial charge is 0.507 e. The van der Waals surface area contributed by atoms with Crippen molar-refractivity contribution in [2.24, 2.45) is 4.99 Å². The highest BCUT2D eigenvalue weighted by molar-refractivity contribution is 5.85. The van der Waals surface area contributed by atoms with Crippen molar-refractivity contribution >= 4 is 11.9 Å². The van der Waals surface area contributed by atoms with Gasteiger partial charge in [0.05, 0.1) is 12.8 Å². The molecule has 0 aromatic heterocycles. The highest BCUT2D eigenvalue weighted by atomic mass is 16.5. The van der Waals surface area contributed by atoms with E-state index in [1.165, 1.54) is 0 Å². The molecule has 0 spiro atoms. The molecule has 0 saturated carbocycles. The van der Waals surface area contributed by atoms with Crippen LogP contribution in [0.5, 0.6) is 11.5 Å². The van der Waals surface area contributed by atoms with Crippen LogP contribution in [0, 0.1) is 6.92 Å². The van der Waals surface area contributed by atoms with Gasteiger partial charge in [-0.3, -0.25) is 4.99 Å². The molecule has 92 valence electrons. The molecule has 0 aliphatic heterocycles. The van der Waals surface area contributed by atoms with Gasteiger partial charge in [0.1, 0.15) is 11.5 Å². The lowest BCUT2D eigenvalue weighted by atomic mass is 10.2. The van der Waals surface area contributed by atoms with E-state index in [9.17, 15) is 5.11 Å². The predicted octanol–water partition coefficient (Wildman–Crippen LogP) is 3.46. The first kappa shape index (κ1) is 12.2. The molecule has 0 bridgehead atoms. The SMILES string of the molecule is COc1ccc(N=Cc2ccccc2O)c(C)c1. The lowest BCUT2D eigenvalue weighted by Gasteiger charge is -2.04. The van der Waals surface area contributed by atoms with Gasteiger partial charge >= 0.3 is 0 Å². The maximum absolute atomic E-state index is 9.63. The molecule has 2 aromatic carbocycles. The Morgan fingerprint density at radius 3 is 2.61 bits per heavy atom. The Bertz CT molecular complexity index is 576. The summed E-state index contributed by atoms with van der Waals surface area (Å²) in [6, 6.07) is 12.8. The van der Waals surface area contributed by atoms with E-state index < -0.39 is 0 Å². The molecule has 0 aliphatic rings. The summed E-state index contributed by atoms with van der Waals surface area (Å²) in [4.78, 5) is 4.37. The van der Waals surface area contributed by atoms with Crippen LogP contribution in [0.4, 0.5) is 5.69 Å². The second kappa shape index (κ2) is 5.36. The lowest BCUT2D eigenvalue weighted by molar-refractivity contribution is 0.414. The zero-order chi connectivity index (χ0) is 13.0. The van der Waals surface area contributed by atoms with Gasteiger partial charge in [0, 0.05) is 11.8 Å². The minimum absolute atomic E-state index is 0.229. The number of phenolic OH excluding ortho intramolecular Hbond substituents is 1. The summed E-state index contributed by atoms with van der Waals surface area (Å²) in [6.45, 7) is 1.97. The Balaban J connectivity index is 2.27. The van der Waals surface area contributed by atoms with Gasteiger partial charge in [-0.15, -0.1) is 0 Å². The number of nitrogens with zero attached hydrogens (tertiary/aromatic N) is 1. The van der Waals surface area contributed by atoms with Crippen LogP contribution in [0.15, 0.2) is 47.5 Å². The first-order chi connectivity index (χ1) is 8.70. The Morgan fingerprint density at radius 2 is 1.94 bits per heavy atom. The van der Waals surface area contributed by atoms with Gasteiger partial charge in [-0.1, -0.05) is 12.1 Å².